The summed E-state index contributed by atoms with van der Waals surface area (Å²) in [5.74, 6) is -18.4. The van der Waals surface area contributed by atoms with Crippen LogP contribution in [0.4, 0.5) is 35.1 Å². The quantitative estimate of drug-likeness (QED) is 0.479. The zero-order valence-corrected chi connectivity index (χ0v) is 10.6. The zero-order chi connectivity index (χ0) is 17.3. The Labute approximate surface area is 123 Å². The van der Waals surface area contributed by atoms with Crippen LogP contribution in [0.1, 0.15) is 0 Å². The van der Waals surface area contributed by atoms with Crippen LogP contribution in [0.15, 0.2) is 12.1 Å². The van der Waals surface area contributed by atoms with Crippen LogP contribution in [-0.2, 0) is 0 Å². The molecule has 2 aromatic carbocycles. The van der Waals surface area contributed by atoms with Gasteiger partial charge in [0.1, 0.15) is 0 Å². The molecule has 0 aromatic heterocycles. The predicted molar refractivity (Wildman–Crippen MR) is 59.6 cm³/mol. The van der Waals surface area contributed by atoms with Gasteiger partial charge in [0, 0.05) is 12.1 Å². The van der Waals surface area contributed by atoms with Crippen molar-refractivity contribution >= 4 is 7.69 Å². The number of rotatable bonds is 4. The Morgan fingerprint density at radius 1 is 0.522 bits per heavy atom. The molecule has 121 valence electrons. The lowest BCUT2D eigenvalue weighted by atomic mass is 10.2. The van der Waals surface area contributed by atoms with Gasteiger partial charge < -0.3 is 9.31 Å². The van der Waals surface area contributed by atoms with E-state index in [2.05, 4.69) is 9.31 Å². The van der Waals surface area contributed by atoms with Crippen molar-refractivity contribution in [3.63, 3.8) is 0 Å². The third kappa shape index (κ3) is 3.17. The molecule has 2 aromatic rings. The van der Waals surface area contributed by atoms with Crippen molar-refractivity contribution in [1.29, 1.82) is 0 Å². The minimum absolute atomic E-state index is 0.111. The smallest absolute Gasteiger partial charge is 0.522 e. The first-order valence-electron chi connectivity index (χ1n) is 5.55. The lowest BCUT2D eigenvalue weighted by molar-refractivity contribution is 0.352. The van der Waals surface area contributed by atoms with Crippen molar-refractivity contribution in [2.45, 2.75) is 0 Å². The highest BCUT2D eigenvalue weighted by molar-refractivity contribution is 6.20. The molecule has 0 bridgehead atoms. The number of hydrogen-bond acceptors (Lipinski definition) is 2. The largest absolute Gasteiger partial charge is 0.658 e. The molecule has 2 rings (SSSR count). The van der Waals surface area contributed by atoms with Crippen molar-refractivity contribution in [1.82, 2.24) is 0 Å². The van der Waals surface area contributed by atoms with E-state index in [1.165, 1.54) is 0 Å². The molecule has 0 heterocycles. The van der Waals surface area contributed by atoms with Gasteiger partial charge in [-0.2, -0.15) is 17.6 Å². The summed E-state index contributed by atoms with van der Waals surface area (Å²) < 4.78 is 112. The van der Waals surface area contributed by atoms with E-state index < -0.39 is 58.0 Å². The Morgan fingerprint density at radius 3 is 1.04 bits per heavy atom. The van der Waals surface area contributed by atoms with Crippen LogP contribution >= 0.6 is 0 Å². The summed E-state index contributed by atoms with van der Waals surface area (Å²) in [6.45, 7) is 0. The van der Waals surface area contributed by atoms with Crippen LogP contribution in [-0.4, -0.2) is 7.69 Å². The van der Waals surface area contributed by atoms with Crippen LogP contribution in [0.25, 0.3) is 0 Å². The number of benzene rings is 2. The summed E-state index contributed by atoms with van der Waals surface area (Å²) >= 11 is 0. The first-order valence-corrected chi connectivity index (χ1v) is 5.55. The average molecular weight is 341 g/mol. The Kier molecular flexibility index (Phi) is 4.67. The molecule has 0 aliphatic rings. The van der Waals surface area contributed by atoms with Gasteiger partial charge in [0.05, 0.1) is 0 Å². The normalized spacial score (nSPS) is 10.6. The highest BCUT2D eigenvalue weighted by Crippen LogP contribution is 2.28. The Bertz CT molecular complexity index is 652. The molecule has 0 aliphatic heterocycles. The Balaban J connectivity index is 2.22. The molecule has 0 saturated heterocycles. The minimum atomic E-state index is -1.96. The summed E-state index contributed by atoms with van der Waals surface area (Å²) in [5, 5.41) is 0. The lowest BCUT2D eigenvalue weighted by Crippen LogP contribution is -2.16. The van der Waals surface area contributed by atoms with E-state index in [0.717, 1.165) is 0 Å². The molecule has 0 fully saturated rings. The second-order valence-electron chi connectivity index (χ2n) is 3.93. The van der Waals surface area contributed by atoms with Gasteiger partial charge in [-0.15, -0.1) is 0 Å². The molecule has 11 heteroatoms. The second kappa shape index (κ2) is 6.35. The van der Waals surface area contributed by atoms with Gasteiger partial charge in [0.15, 0.2) is 34.8 Å². The third-order valence-electron chi connectivity index (χ3n) is 2.47. The third-order valence-corrected chi connectivity index (χ3v) is 2.47. The second-order valence-corrected chi connectivity index (χ2v) is 3.93. The van der Waals surface area contributed by atoms with Gasteiger partial charge in [-0.3, -0.25) is 0 Å². The molecule has 0 aliphatic carbocycles. The number of halogens is 8. The molecule has 0 N–H and O–H groups in total. The van der Waals surface area contributed by atoms with E-state index in [9.17, 15) is 35.1 Å². The molecular weight excluding hydrogens is 339 g/mol. The highest BCUT2D eigenvalue weighted by atomic mass is 19.2. The van der Waals surface area contributed by atoms with Crippen molar-refractivity contribution < 1.29 is 44.4 Å². The summed E-state index contributed by atoms with van der Waals surface area (Å²) in [6, 6.07) is -0.223. The topological polar surface area (TPSA) is 18.5 Å². The van der Waals surface area contributed by atoms with E-state index in [0.29, 0.717) is 0 Å². The van der Waals surface area contributed by atoms with Gasteiger partial charge in [0.25, 0.3) is 0 Å². The van der Waals surface area contributed by atoms with Gasteiger partial charge >= 0.3 is 7.69 Å². The monoisotopic (exact) mass is 341 g/mol. The SMILES string of the molecule is Fc1cc(F)c(F)c(O[B]Oc2c(F)c(F)cc(F)c2F)c1F. The number of hydrogen-bond donors (Lipinski definition) is 0. The lowest BCUT2D eigenvalue weighted by Gasteiger charge is -2.10. The van der Waals surface area contributed by atoms with Crippen LogP contribution in [0.3, 0.4) is 0 Å². The maximum absolute atomic E-state index is 13.2. The summed E-state index contributed by atoms with van der Waals surface area (Å²) in [6.07, 6.45) is 0. The molecule has 0 saturated carbocycles. The minimum Gasteiger partial charge on any atom is -0.522 e. The molecule has 2 nitrogen and oxygen atoms in total. The fraction of sp³-hybridized carbons (Fsp3) is 0. The van der Waals surface area contributed by atoms with E-state index >= 15 is 0 Å². The van der Waals surface area contributed by atoms with Crippen molar-refractivity contribution in [3.8, 4) is 11.5 Å². The van der Waals surface area contributed by atoms with E-state index in [1.807, 2.05) is 0 Å². The van der Waals surface area contributed by atoms with Crippen molar-refractivity contribution in [2.24, 2.45) is 0 Å². The van der Waals surface area contributed by atoms with Crippen LogP contribution in [0.5, 0.6) is 11.5 Å². The first-order chi connectivity index (χ1) is 10.7. The van der Waals surface area contributed by atoms with Crippen LogP contribution < -0.4 is 9.31 Å². The van der Waals surface area contributed by atoms with Gasteiger partial charge in [-0.1, -0.05) is 0 Å². The van der Waals surface area contributed by atoms with Gasteiger partial charge in [-0.05, 0) is 0 Å². The van der Waals surface area contributed by atoms with Gasteiger partial charge in [-0.25, -0.2) is 17.6 Å². The standard InChI is InChI=1S/C12H2BF8O2/c14-3-1-4(15)8(19)11(7(3)18)22-13-23-12-9(20)5(16)2-6(17)10(12)21/h1-2H. The van der Waals surface area contributed by atoms with E-state index in [4.69, 9.17) is 0 Å². The molecule has 0 atom stereocenters. The van der Waals surface area contributed by atoms with Crippen LogP contribution in [0.2, 0.25) is 0 Å². The molecule has 1 radical (unpaired) electrons. The molecule has 0 amide bonds. The predicted octanol–water partition coefficient (Wildman–Crippen LogP) is 3.79. The summed E-state index contributed by atoms with van der Waals surface area (Å²) in [5.41, 5.74) is 0. The molecule has 0 unspecified atom stereocenters. The molecule has 23 heavy (non-hydrogen) atoms. The van der Waals surface area contributed by atoms with Gasteiger partial charge in [0.2, 0.25) is 23.3 Å². The Hall–Kier alpha value is -2.46. The maximum Gasteiger partial charge on any atom is 0.658 e. The van der Waals surface area contributed by atoms with Crippen molar-refractivity contribution in [2.75, 3.05) is 0 Å². The van der Waals surface area contributed by atoms with E-state index in [-0.39, 0.29) is 19.8 Å². The highest BCUT2D eigenvalue weighted by Gasteiger charge is 2.24. The average Bonchev–Trinajstić information content (AvgIpc) is 2.49. The Morgan fingerprint density at radius 2 is 0.783 bits per heavy atom. The zero-order valence-electron chi connectivity index (χ0n) is 10.6. The summed E-state index contributed by atoms with van der Waals surface area (Å²) in [4.78, 5) is 0. The molecule has 0 spiro atoms. The summed E-state index contributed by atoms with van der Waals surface area (Å²) in [7, 11) is -0.166. The molecular formula is C12H2BF8O2. The maximum atomic E-state index is 13.2. The fourth-order valence-electron chi connectivity index (χ4n) is 1.43. The van der Waals surface area contributed by atoms with Crippen LogP contribution in [0, 0.1) is 46.5 Å². The van der Waals surface area contributed by atoms with E-state index in [1.54, 1.807) is 0 Å². The first kappa shape index (κ1) is 16.9. The fourth-order valence-corrected chi connectivity index (χ4v) is 1.43. The van der Waals surface area contributed by atoms with Crippen molar-refractivity contribution in [3.05, 3.63) is 58.7 Å².